The standard InChI is InChI=1S/C13H26N2O/c1-10-6-7-12(11(2)9-10)15-13(16)5-4-8-14-3/h10-12,14H,4-9H2,1-3H3,(H,15,16). The van der Waals surface area contributed by atoms with Gasteiger partial charge in [0.2, 0.25) is 5.91 Å². The first-order valence-corrected chi connectivity index (χ1v) is 6.57. The molecule has 0 spiro atoms. The van der Waals surface area contributed by atoms with E-state index < -0.39 is 0 Å². The number of amides is 1. The molecule has 1 aliphatic rings. The summed E-state index contributed by atoms with van der Waals surface area (Å²) >= 11 is 0. The molecule has 3 heteroatoms. The Labute approximate surface area is 99.4 Å². The van der Waals surface area contributed by atoms with Crippen LogP contribution in [0.1, 0.15) is 46.0 Å². The Balaban J connectivity index is 2.22. The van der Waals surface area contributed by atoms with E-state index in [-0.39, 0.29) is 5.91 Å². The molecule has 1 saturated carbocycles. The monoisotopic (exact) mass is 226 g/mol. The number of carbonyl (C=O) groups excluding carboxylic acids is 1. The second-order valence-electron chi connectivity index (χ2n) is 5.28. The number of hydrogen-bond donors (Lipinski definition) is 2. The van der Waals surface area contributed by atoms with Crippen LogP contribution in [-0.4, -0.2) is 25.5 Å². The lowest BCUT2D eigenvalue weighted by Gasteiger charge is -2.33. The van der Waals surface area contributed by atoms with Gasteiger partial charge in [0, 0.05) is 12.5 Å². The molecule has 0 aromatic carbocycles. The van der Waals surface area contributed by atoms with Gasteiger partial charge in [-0.2, -0.15) is 0 Å². The molecule has 2 N–H and O–H groups in total. The Bertz CT molecular complexity index is 218. The molecule has 94 valence electrons. The first-order valence-electron chi connectivity index (χ1n) is 6.57. The molecular weight excluding hydrogens is 200 g/mol. The molecular formula is C13H26N2O. The SMILES string of the molecule is CNCCCC(=O)NC1CCC(C)CC1C. The zero-order valence-corrected chi connectivity index (χ0v) is 10.9. The van der Waals surface area contributed by atoms with Crippen molar-refractivity contribution in [2.75, 3.05) is 13.6 Å². The highest BCUT2D eigenvalue weighted by Gasteiger charge is 2.26. The first-order chi connectivity index (χ1) is 7.63. The molecule has 3 nitrogen and oxygen atoms in total. The van der Waals surface area contributed by atoms with E-state index in [1.807, 2.05) is 7.05 Å². The zero-order chi connectivity index (χ0) is 12.0. The number of rotatable bonds is 5. The van der Waals surface area contributed by atoms with Gasteiger partial charge in [-0.05, 0) is 51.1 Å². The quantitative estimate of drug-likeness (QED) is 0.703. The molecule has 0 aromatic rings. The largest absolute Gasteiger partial charge is 0.353 e. The fourth-order valence-electron chi connectivity index (χ4n) is 2.58. The Kier molecular flexibility index (Phi) is 5.81. The lowest BCUT2D eigenvalue weighted by atomic mass is 9.80. The molecule has 3 atom stereocenters. The summed E-state index contributed by atoms with van der Waals surface area (Å²) in [7, 11) is 1.92. The van der Waals surface area contributed by atoms with Crippen LogP contribution in [0.4, 0.5) is 0 Å². The molecule has 1 rings (SSSR count). The molecule has 3 unspecified atom stereocenters. The summed E-state index contributed by atoms with van der Waals surface area (Å²) in [6.45, 7) is 5.49. The Morgan fingerprint density at radius 1 is 1.31 bits per heavy atom. The minimum Gasteiger partial charge on any atom is -0.353 e. The van der Waals surface area contributed by atoms with Crippen LogP contribution in [-0.2, 0) is 4.79 Å². The first kappa shape index (κ1) is 13.5. The lowest BCUT2D eigenvalue weighted by Crippen LogP contribution is -2.42. The Morgan fingerprint density at radius 3 is 2.69 bits per heavy atom. The molecule has 0 aliphatic heterocycles. The second-order valence-corrected chi connectivity index (χ2v) is 5.28. The van der Waals surface area contributed by atoms with Gasteiger partial charge in [0.25, 0.3) is 0 Å². The van der Waals surface area contributed by atoms with Crippen LogP contribution in [0.25, 0.3) is 0 Å². The van der Waals surface area contributed by atoms with E-state index in [1.165, 1.54) is 12.8 Å². The van der Waals surface area contributed by atoms with Gasteiger partial charge in [-0.3, -0.25) is 4.79 Å². The summed E-state index contributed by atoms with van der Waals surface area (Å²) in [5, 5.41) is 6.24. The van der Waals surface area contributed by atoms with Crippen molar-refractivity contribution >= 4 is 5.91 Å². The molecule has 1 fully saturated rings. The summed E-state index contributed by atoms with van der Waals surface area (Å²) in [5.41, 5.74) is 0. The second kappa shape index (κ2) is 6.89. The predicted molar refractivity (Wildman–Crippen MR) is 67.3 cm³/mol. The summed E-state index contributed by atoms with van der Waals surface area (Å²) in [5.74, 6) is 1.69. The fraction of sp³-hybridized carbons (Fsp3) is 0.923. The summed E-state index contributed by atoms with van der Waals surface area (Å²) in [6.07, 6.45) is 5.24. The van der Waals surface area contributed by atoms with Crippen molar-refractivity contribution in [3.05, 3.63) is 0 Å². The van der Waals surface area contributed by atoms with Gasteiger partial charge >= 0.3 is 0 Å². The van der Waals surface area contributed by atoms with Crippen molar-refractivity contribution in [2.24, 2.45) is 11.8 Å². The smallest absolute Gasteiger partial charge is 0.220 e. The van der Waals surface area contributed by atoms with Crippen molar-refractivity contribution in [1.29, 1.82) is 0 Å². The van der Waals surface area contributed by atoms with E-state index in [1.54, 1.807) is 0 Å². The van der Waals surface area contributed by atoms with Crippen LogP contribution in [0, 0.1) is 11.8 Å². The zero-order valence-electron chi connectivity index (χ0n) is 10.9. The van der Waals surface area contributed by atoms with E-state index in [4.69, 9.17) is 0 Å². The lowest BCUT2D eigenvalue weighted by molar-refractivity contribution is -0.122. The number of hydrogen-bond acceptors (Lipinski definition) is 2. The molecule has 0 radical (unpaired) electrons. The van der Waals surface area contributed by atoms with Gasteiger partial charge < -0.3 is 10.6 Å². The van der Waals surface area contributed by atoms with Crippen LogP contribution < -0.4 is 10.6 Å². The maximum absolute atomic E-state index is 11.7. The van der Waals surface area contributed by atoms with Crippen LogP contribution >= 0.6 is 0 Å². The fourth-order valence-corrected chi connectivity index (χ4v) is 2.58. The molecule has 0 aromatic heterocycles. The van der Waals surface area contributed by atoms with Crippen LogP contribution in [0.3, 0.4) is 0 Å². The van der Waals surface area contributed by atoms with Crippen LogP contribution in [0.2, 0.25) is 0 Å². The van der Waals surface area contributed by atoms with Crippen molar-refractivity contribution < 1.29 is 4.79 Å². The maximum atomic E-state index is 11.7. The third-order valence-electron chi connectivity index (χ3n) is 3.61. The number of nitrogens with one attached hydrogen (secondary N) is 2. The maximum Gasteiger partial charge on any atom is 0.220 e. The average Bonchev–Trinajstić information content (AvgIpc) is 2.23. The molecule has 1 aliphatic carbocycles. The van der Waals surface area contributed by atoms with E-state index in [0.717, 1.165) is 25.3 Å². The minimum absolute atomic E-state index is 0.224. The van der Waals surface area contributed by atoms with Gasteiger partial charge in [-0.15, -0.1) is 0 Å². The van der Waals surface area contributed by atoms with E-state index in [0.29, 0.717) is 18.4 Å². The van der Waals surface area contributed by atoms with E-state index in [9.17, 15) is 4.79 Å². The summed E-state index contributed by atoms with van der Waals surface area (Å²) in [6, 6.07) is 0.415. The van der Waals surface area contributed by atoms with E-state index in [2.05, 4.69) is 24.5 Å². The molecule has 0 bridgehead atoms. The topological polar surface area (TPSA) is 41.1 Å². The van der Waals surface area contributed by atoms with Gasteiger partial charge in [0.15, 0.2) is 0 Å². The van der Waals surface area contributed by atoms with E-state index >= 15 is 0 Å². The molecule has 0 saturated heterocycles. The highest BCUT2D eigenvalue weighted by molar-refractivity contribution is 5.76. The van der Waals surface area contributed by atoms with Crippen molar-refractivity contribution in [3.8, 4) is 0 Å². The highest BCUT2D eigenvalue weighted by Crippen LogP contribution is 2.28. The predicted octanol–water partition coefficient (Wildman–Crippen LogP) is 1.93. The van der Waals surface area contributed by atoms with Gasteiger partial charge in [0.05, 0.1) is 0 Å². The number of carbonyl (C=O) groups is 1. The third kappa shape index (κ3) is 4.52. The molecule has 1 amide bonds. The van der Waals surface area contributed by atoms with Gasteiger partial charge in [-0.25, -0.2) is 0 Å². The van der Waals surface area contributed by atoms with Gasteiger partial charge in [0.1, 0.15) is 0 Å². The van der Waals surface area contributed by atoms with Crippen molar-refractivity contribution in [3.63, 3.8) is 0 Å². The van der Waals surface area contributed by atoms with Crippen molar-refractivity contribution in [2.45, 2.75) is 52.0 Å². The normalized spacial score (nSPS) is 30.1. The highest BCUT2D eigenvalue weighted by atomic mass is 16.1. The van der Waals surface area contributed by atoms with Crippen molar-refractivity contribution in [1.82, 2.24) is 10.6 Å². The third-order valence-corrected chi connectivity index (χ3v) is 3.61. The Morgan fingerprint density at radius 2 is 2.06 bits per heavy atom. The van der Waals surface area contributed by atoms with Crippen LogP contribution in [0.5, 0.6) is 0 Å². The van der Waals surface area contributed by atoms with Gasteiger partial charge in [-0.1, -0.05) is 13.8 Å². The summed E-state index contributed by atoms with van der Waals surface area (Å²) in [4.78, 5) is 11.7. The molecule has 16 heavy (non-hydrogen) atoms. The van der Waals surface area contributed by atoms with Crippen LogP contribution in [0.15, 0.2) is 0 Å². The Hall–Kier alpha value is -0.570. The molecule has 0 heterocycles. The summed E-state index contributed by atoms with van der Waals surface area (Å²) < 4.78 is 0. The average molecular weight is 226 g/mol. The minimum atomic E-state index is 0.224.